The smallest absolute Gasteiger partial charge is 0.321 e. The predicted octanol–water partition coefficient (Wildman–Crippen LogP) is 2.77. The molecule has 5 heteroatoms. The van der Waals surface area contributed by atoms with Crippen LogP contribution in [0.2, 0.25) is 0 Å². The number of hydrogen-bond donors (Lipinski definition) is 2. The van der Waals surface area contributed by atoms with Gasteiger partial charge in [0.05, 0.1) is 0 Å². The zero-order valence-electron chi connectivity index (χ0n) is 13.6. The number of benzene rings is 1. The number of carbonyl (C=O) groups excluding carboxylic acids is 1. The lowest BCUT2D eigenvalue weighted by Gasteiger charge is -2.20. The summed E-state index contributed by atoms with van der Waals surface area (Å²) in [4.78, 5) is 16.1. The van der Waals surface area contributed by atoms with Crippen LogP contribution < -0.4 is 10.2 Å². The largest absolute Gasteiger partial charge is 0.396 e. The van der Waals surface area contributed by atoms with E-state index < -0.39 is 0 Å². The Labute approximate surface area is 132 Å². The summed E-state index contributed by atoms with van der Waals surface area (Å²) in [5, 5.41) is 12.1. The monoisotopic (exact) mass is 305 g/mol. The molecule has 0 aliphatic carbocycles. The Morgan fingerprint density at radius 2 is 2.14 bits per heavy atom. The van der Waals surface area contributed by atoms with Gasteiger partial charge >= 0.3 is 6.03 Å². The second-order valence-corrected chi connectivity index (χ2v) is 6.04. The fraction of sp³-hybridized carbons (Fsp3) is 0.588. The molecule has 122 valence electrons. The van der Waals surface area contributed by atoms with Gasteiger partial charge in [-0.05, 0) is 37.1 Å². The first-order valence-corrected chi connectivity index (χ1v) is 8.12. The standard InChI is InChI=1S/C17H27N3O2/c1-3-4-10-19(2)16-7-5-15(6-8-16)18-17(22)20-11-9-14(12-20)13-21/h5-8,14,21H,3-4,9-13H2,1-2H3,(H,18,22). The van der Waals surface area contributed by atoms with E-state index in [2.05, 4.69) is 24.2 Å². The number of hydrogen-bond acceptors (Lipinski definition) is 3. The van der Waals surface area contributed by atoms with Crippen molar-refractivity contribution >= 4 is 17.4 Å². The molecule has 1 aliphatic rings. The van der Waals surface area contributed by atoms with Gasteiger partial charge in [0.2, 0.25) is 0 Å². The number of rotatable bonds is 6. The van der Waals surface area contributed by atoms with Crippen LogP contribution in [0.5, 0.6) is 0 Å². The number of aliphatic hydroxyl groups excluding tert-OH is 1. The molecule has 1 unspecified atom stereocenters. The van der Waals surface area contributed by atoms with Crippen molar-refractivity contribution in [3.05, 3.63) is 24.3 Å². The van der Waals surface area contributed by atoms with Gasteiger partial charge in [-0.3, -0.25) is 0 Å². The average Bonchev–Trinajstić information content (AvgIpc) is 3.02. The minimum Gasteiger partial charge on any atom is -0.396 e. The molecule has 1 atom stereocenters. The van der Waals surface area contributed by atoms with Gasteiger partial charge < -0.3 is 20.2 Å². The van der Waals surface area contributed by atoms with Crippen LogP contribution in [0.4, 0.5) is 16.2 Å². The van der Waals surface area contributed by atoms with Crippen molar-refractivity contribution in [2.45, 2.75) is 26.2 Å². The zero-order valence-corrected chi connectivity index (χ0v) is 13.6. The van der Waals surface area contributed by atoms with Gasteiger partial charge in [-0.25, -0.2) is 4.79 Å². The number of anilines is 2. The van der Waals surface area contributed by atoms with Crippen LogP contribution in [0.1, 0.15) is 26.2 Å². The molecule has 0 radical (unpaired) electrons. The molecular weight excluding hydrogens is 278 g/mol. The van der Waals surface area contributed by atoms with Crippen LogP contribution in [-0.2, 0) is 0 Å². The summed E-state index contributed by atoms with van der Waals surface area (Å²) in [6, 6.07) is 7.87. The van der Waals surface area contributed by atoms with Crippen molar-refractivity contribution in [3.63, 3.8) is 0 Å². The van der Waals surface area contributed by atoms with Crippen LogP contribution in [0, 0.1) is 5.92 Å². The number of nitrogens with zero attached hydrogens (tertiary/aromatic N) is 2. The van der Waals surface area contributed by atoms with Gasteiger partial charge in [0.1, 0.15) is 0 Å². The Kier molecular flexibility index (Phi) is 6.07. The van der Waals surface area contributed by atoms with E-state index in [4.69, 9.17) is 5.11 Å². The summed E-state index contributed by atoms with van der Waals surface area (Å²) in [7, 11) is 2.09. The highest BCUT2D eigenvalue weighted by molar-refractivity contribution is 5.89. The van der Waals surface area contributed by atoms with E-state index in [1.54, 1.807) is 4.90 Å². The van der Waals surface area contributed by atoms with E-state index in [1.807, 2.05) is 24.3 Å². The van der Waals surface area contributed by atoms with Crippen molar-refractivity contribution in [2.24, 2.45) is 5.92 Å². The van der Waals surface area contributed by atoms with Crippen LogP contribution in [0.25, 0.3) is 0 Å². The lowest BCUT2D eigenvalue weighted by Crippen LogP contribution is -2.33. The molecule has 1 aliphatic heterocycles. The third-order valence-electron chi connectivity index (χ3n) is 4.24. The highest BCUT2D eigenvalue weighted by Crippen LogP contribution is 2.20. The fourth-order valence-electron chi connectivity index (χ4n) is 2.69. The van der Waals surface area contributed by atoms with Crippen LogP contribution in [0.3, 0.4) is 0 Å². The summed E-state index contributed by atoms with van der Waals surface area (Å²) < 4.78 is 0. The van der Waals surface area contributed by atoms with Gasteiger partial charge in [-0.15, -0.1) is 0 Å². The lowest BCUT2D eigenvalue weighted by atomic mass is 10.1. The first-order chi connectivity index (χ1) is 10.6. The molecule has 1 heterocycles. The second-order valence-electron chi connectivity index (χ2n) is 6.04. The molecule has 5 nitrogen and oxygen atoms in total. The molecule has 2 rings (SSSR count). The van der Waals surface area contributed by atoms with Crippen LogP contribution >= 0.6 is 0 Å². The molecule has 1 saturated heterocycles. The van der Waals surface area contributed by atoms with E-state index >= 15 is 0 Å². The fourth-order valence-corrected chi connectivity index (χ4v) is 2.69. The van der Waals surface area contributed by atoms with Crippen molar-refractivity contribution in [2.75, 3.05) is 43.5 Å². The third-order valence-corrected chi connectivity index (χ3v) is 4.24. The Morgan fingerprint density at radius 3 is 2.73 bits per heavy atom. The van der Waals surface area contributed by atoms with E-state index in [9.17, 15) is 4.79 Å². The Bertz CT molecular complexity index is 475. The predicted molar refractivity (Wildman–Crippen MR) is 90.4 cm³/mol. The average molecular weight is 305 g/mol. The topological polar surface area (TPSA) is 55.8 Å². The van der Waals surface area contributed by atoms with Gasteiger partial charge in [-0.2, -0.15) is 0 Å². The Morgan fingerprint density at radius 1 is 1.41 bits per heavy atom. The van der Waals surface area contributed by atoms with Crippen LogP contribution in [0.15, 0.2) is 24.3 Å². The summed E-state index contributed by atoms with van der Waals surface area (Å²) in [5.41, 5.74) is 1.97. The molecule has 1 aromatic rings. The minimum atomic E-state index is -0.0805. The summed E-state index contributed by atoms with van der Waals surface area (Å²) in [6.07, 6.45) is 3.24. The van der Waals surface area contributed by atoms with Crippen molar-refractivity contribution in [3.8, 4) is 0 Å². The molecule has 1 fully saturated rings. The van der Waals surface area contributed by atoms with Gasteiger partial charge in [0, 0.05) is 50.6 Å². The molecule has 2 N–H and O–H groups in total. The Hall–Kier alpha value is -1.75. The molecule has 0 saturated carbocycles. The first kappa shape index (κ1) is 16.6. The maximum Gasteiger partial charge on any atom is 0.321 e. The summed E-state index contributed by atoms with van der Waals surface area (Å²) >= 11 is 0. The quantitative estimate of drug-likeness (QED) is 0.849. The highest BCUT2D eigenvalue weighted by atomic mass is 16.3. The number of likely N-dealkylation sites (tertiary alicyclic amines) is 1. The molecule has 0 aromatic heterocycles. The Balaban J connectivity index is 1.87. The number of aliphatic hydroxyl groups is 1. The number of amides is 2. The van der Waals surface area contributed by atoms with Crippen molar-refractivity contribution < 1.29 is 9.90 Å². The van der Waals surface area contributed by atoms with E-state index in [1.165, 1.54) is 12.8 Å². The maximum atomic E-state index is 12.2. The second kappa shape index (κ2) is 8.03. The molecule has 0 bridgehead atoms. The van der Waals surface area contributed by atoms with E-state index in [0.717, 1.165) is 30.9 Å². The SMILES string of the molecule is CCCCN(C)c1ccc(NC(=O)N2CCC(CO)C2)cc1. The number of nitrogens with one attached hydrogen (secondary N) is 1. The minimum absolute atomic E-state index is 0.0805. The molecule has 1 aromatic carbocycles. The molecule has 22 heavy (non-hydrogen) atoms. The maximum absolute atomic E-state index is 12.2. The van der Waals surface area contributed by atoms with E-state index in [0.29, 0.717) is 6.54 Å². The van der Waals surface area contributed by atoms with Crippen LogP contribution in [-0.4, -0.2) is 49.3 Å². The molecule has 2 amide bonds. The van der Waals surface area contributed by atoms with Crippen molar-refractivity contribution in [1.29, 1.82) is 0 Å². The van der Waals surface area contributed by atoms with E-state index in [-0.39, 0.29) is 18.6 Å². The summed E-state index contributed by atoms with van der Waals surface area (Å²) in [6.45, 7) is 4.74. The third kappa shape index (κ3) is 4.37. The molecular formula is C17H27N3O2. The normalized spacial score (nSPS) is 17.6. The summed E-state index contributed by atoms with van der Waals surface area (Å²) in [5.74, 6) is 0.223. The van der Waals surface area contributed by atoms with Crippen molar-refractivity contribution in [1.82, 2.24) is 4.90 Å². The number of unbranched alkanes of at least 4 members (excludes halogenated alkanes) is 1. The van der Waals surface area contributed by atoms with Gasteiger partial charge in [-0.1, -0.05) is 13.3 Å². The van der Waals surface area contributed by atoms with Gasteiger partial charge in [0.15, 0.2) is 0 Å². The zero-order chi connectivity index (χ0) is 15.9. The number of urea groups is 1. The number of carbonyl (C=O) groups is 1. The highest BCUT2D eigenvalue weighted by Gasteiger charge is 2.25. The molecule has 0 spiro atoms. The first-order valence-electron chi connectivity index (χ1n) is 8.12. The lowest BCUT2D eigenvalue weighted by molar-refractivity contribution is 0.209. The van der Waals surface area contributed by atoms with Gasteiger partial charge in [0.25, 0.3) is 0 Å².